The molecule has 0 aliphatic carbocycles. The van der Waals surface area contributed by atoms with Crippen LogP contribution in [0.15, 0.2) is 55.1 Å². The lowest BCUT2D eigenvalue weighted by molar-refractivity contribution is 1.63. The van der Waals surface area contributed by atoms with Gasteiger partial charge < -0.3 is 0 Å². The van der Waals surface area contributed by atoms with Crippen LogP contribution < -0.4 is 5.19 Å². The lowest BCUT2D eigenvalue weighted by atomic mass is 10.0. The lowest BCUT2D eigenvalue weighted by Crippen LogP contribution is -2.10. The molecule has 0 aromatic heterocycles. The van der Waals surface area contributed by atoms with E-state index in [1.165, 1.54) is 21.9 Å². The Labute approximate surface area is 93.7 Å². The Bertz CT molecular complexity index is 472. The predicted octanol–water partition coefficient (Wildman–Crippen LogP) is 1.99. The standard InChI is InChI=1S/C14H14Si/c1-2-11-9-6-10-13(14(11)15)12-7-4-3-5-8-12/h2-10H,1H2,15H3. The molecule has 0 spiro atoms. The van der Waals surface area contributed by atoms with Crippen LogP contribution in [-0.2, 0) is 0 Å². The molecule has 0 aliphatic rings. The van der Waals surface area contributed by atoms with Crippen molar-refractivity contribution in [3.8, 4) is 11.1 Å². The van der Waals surface area contributed by atoms with Gasteiger partial charge in [-0.05, 0) is 16.7 Å². The zero-order chi connectivity index (χ0) is 10.7. The topological polar surface area (TPSA) is 0 Å². The number of hydrogen-bond donors (Lipinski definition) is 0. The van der Waals surface area contributed by atoms with E-state index in [1.807, 2.05) is 12.1 Å². The highest BCUT2D eigenvalue weighted by molar-refractivity contribution is 6.37. The molecule has 0 N–H and O–H groups in total. The Balaban J connectivity index is 2.59. The van der Waals surface area contributed by atoms with Crippen LogP contribution in [0.4, 0.5) is 0 Å². The van der Waals surface area contributed by atoms with E-state index in [0.29, 0.717) is 0 Å². The van der Waals surface area contributed by atoms with Crippen LogP contribution in [0.3, 0.4) is 0 Å². The first-order chi connectivity index (χ1) is 7.33. The molecule has 0 heterocycles. The molecule has 15 heavy (non-hydrogen) atoms. The number of hydrogen-bond acceptors (Lipinski definition) is 0. The van der Waals surface area contributed by atoms with E-state index in [0.717, 1.165) is 10.2 Å². The second kappa shape index (κ2) is 4.28. The van der Waals surface area contributed by atoms with Crippen molar-refractivity contribution in [2.24, 2.45) is 0 Å². The fraction of sp³-hybridized carbons (Fsp3) is 0. The third-order valence-electron chi connectivity index (χ3n) is 2.68. The normalized spacial score (nSPS) is 10.1. The van der Waals surface area contributed by atoms with Gasteiger partial charge in [-0.3, -0.25) is 0 Å². The molecule has 0 nitrogen and oxygen atoms in total. The summed E-state index contributed by atoms with van der Waals surface area (Å²) in [6.45, 7) is 3.85. The summed E-state index contributed by atoms with van der Waals surface area (Å²) in [5.41, 5.74) is 3.91. The summed E-state index contributed by atoms with van der Waals surface area (Å²) in [6, 6.07) is 16.9. The van der Waals surface area contributed by atoms with Gasteiger partial charge in [-0.2, -0.15) is 0 Å². The van der Waals surface area contributed by atoms with Crippen LogP contribution in [0.2, 0.25) is 0 Å². The van der Waals surface area contributed by atoms with Gasteiger partial charge in [0.1, 0.15) is 0 Å². The minimum Gasteiger partial charge on any atom is -0.0985 e. The van der Waals surface area contributed by atoms with Crippen molar-refractivity contribution in [2.75, 3.05) is 0 Å². The monoisotopic (exact) mass is 210 g/mol. The summed E-state index contributed by atoms with van der Waals surface area (Å²) in [6.07, 6.45) is 1.94. The predicted molar refractivity (Wildman–Crippen MR) is 71.5 cm³/mol. The van der Waals surface area contributed by atoms with Crippen molar-refractivity contribution in [1.29, 1.82) is 0 Å². The van der Waals surface area contributed by atoms with Crippen LogP contribution in [0.5, 0.6) is 0 Å². The summed E-state index contributed by atoms with van der Waals surface area (Å²) in [5.74, 6) is 0. The van der Waals surface area contributed by atoms with Crippen LogP contribution in [0.25, 0.3) is 17.2 Å². The molecule has 0 amide bonds. The van der Waals surface area contributed by atoms with E-state index in [4.69, 9.17) is 0 Å². The Morgan fingerprint density at radius 1 is 0.933 bits per heavy atom. The van der Waals surface area contributed by atoms with Crippen molar-refractivity contribution in [2.45, 2.75) is 0 Å². The maximum atomic E-state index is 3.85. The van der Waals surface area contributed by atoms with Crippen LogP contribution in [-0.4, -0.2) is 10.2 Å². The molecule has 2 aromatic carbocycles. The third-order valence-corrected chi connectivity index (χ3v) is 3.80. The van der Waals surface area contributed by atoms with Crippen LogP contribution in [0.1, 0.15) is 5.56 Å². The van der Waals surface area contributed by atoms with Gasteiger partial charge >= 0.3 is 0 Å². The molecule has 2 rings (SSSR count). The molecule has 0 atom stereocenters. The second-order valence-electron chi connectivity index (χ2n) is 3.59. The molecule has 0 unspecified atom stereocenters. The van der Waals surface area contributed by atoms with Gasteiger partial charge in [-0.15, -0.1) is 0 Å². The summed E-state index contributed by atoms with van der Waals surface area (Å²) < 4.78 is 0. The minimum absolute atomic E-state index is 1.05. The largest absolute Gasteiger partial charge is 0.0985 e. The Hall–Kier alpha value is -1.60. The van der Waals surface area contributed by atoms with Gasteiger partial charge in [0.05, 0.1) is 0 Å². The number of benzene rings is 2. The van der Waals surface area contributed by atoms with E-state index in [-0.39, 0.29) is 0 Å². The fourth-order valence-corrected chi connectivity index (χ4v) is 2.63. The van der Waals surface area contributed by atoms with E-state index >= 15 is 0 Å². The van der Waals surface area contributed by atoms with Crippen molar-refractivity contribution in [1.82, 2.24) is 0 Å². The maximum absolute atomic E-state index is 3.85. The maximum Gasteiger partial charge on any atom is 0.0401 e. The van der Waals surface area contributed by atoms with Gasteiger partial charge in [0, 0.05) is 10.2 Å². The summed E-state index contributed by atoms with van der Waals surface area (Å²) in [4.78, 5) is 0. The average molecular weight is 210 g/mol. The van der Waals surface area contributed by atoms with E-state index in [2.05, 4.69) is 49.0 Å². The highest BCUT2D eigenvalue weighted by Gasteiger charge is 2.02. The second-order valence-corrected chi connectivity index (χ2v) is 4.59. The van der Waals surface area contributed by atoms with E-state index in [9.17, 15) is 0 Å². The third kappa shape index (κ3) is 1.92. The molecule has 1 heteroatoms. The van der Waals surface area contributed by atoms with E-state index < -0.39 is 0 Å². The lowest BCUT2D eigenvalue weighted by Gasteiger charge is -2.08. The molecule has 0 fully saturated rings. The van der Waals surface area contributed by atoms with Gasteiger partial charge in [0.15, 0.2) is 0 Å². The Morgan fingerprint density at radius 2 is 1.67 bits per heavy atom. The SMILES string of the molecule is C=Cc1cccc(-c2ccccc2)c1[SiH3]. The van der Waals surface area contributed by atoms with Crippen molar-refractivity contribution in [3.05, 3.63) is 60.7 Å². The summed E-state index contributed by atoms with van der Waals surface area (Å²) in [5, 5.41) is 1.43. The highest BCUT2D eigenvalue weighted by atomic mass is 28.1. The van der Waals surface area contributed by atoms with Crippen molar-refractivity contribution in [3.63, 3.8) is 0 Å². The van der Waals surface area contributed by atoms with Gasteiger partial charge in [0.25, 0.3) is 0 Å². The first-order valence-corrected chi connectivity index (χ1v) is 6.10. The van der Waals surface area contributed by atoms with Crippen LogP contribution in [0, 0.1) is 0 Å². The van der Waals surface area contributed by atoms with Crippen LogP contribution >= 0.6 is 0 Å². The fourth-order valence-electron chi connectivity index (χ4n) is 1.81. The minimum atomic E-state index is 1.05. The smallest absolute Gasteiger partial charge is 0.0401 e. The highest BCUT2D eigenvalue weighted by Crippen LogP contribution is 2.17. The molecule has 2 aromatic rings. The molecular formula is C14H14Si. The molecule has 0 aliphatic heterocycles. The van der Waals surface area contributed by atoms with E-state index in [1.54, 1.807) is 0 Å². The van der Waals surface area contributed by atoms with Gasteiger partial charge in [-0.25, -0.2) is 0 Å². The zero-order valence-corrected chi connectivity index (χ0v) is 10.9. The van der Waals surface area contributed by atoms with Gasteiger partial charge in [0.2, 0.25) is 0 Å². The summed E-state index contributed by atoms with van der Waals surface area (Å²) in [7, 11) is 1.05. The molecule has 0 radical (unpaired) electrons. The summed E-state index contributed by atoms with van der Waals surface area (Å²) >= 11 is 0. The average Bonchev–Trinajstić information content (AvgIpc) is 2.30. The Morgan fingerprint density at radius 3 is 2.33 bits per heavy atom. The quantitative estimate of drug-likeness (QED) is 0.665. The Kier molecular flexibility index (Phi) is 2.83. The molecule has 0 bridgehead atoms. The molecule has 74 valence electrons. The number of rotatable bonds is 2. The molecule has 0 saturated heterocycles. The first kappa shape index (κ1) is 9.93. The van der Waals surface area contributed by atoms with Gasteiger partial charge in [-0.1, -0.05) is 66.4 Å². The molecular weight excluding hydrogens is 196 g/mol. The van der Waals surface area contributed by atoms with Crippen molar-refractivity contribution >= 4 is 21.5 Å². The molecule has 0 saturated carbocycles. The first-order valence-electron chi connectivity index (χ1n) is 5.10. The van der Waals surface area contributed by atoms with Crippen molar-refractivity contribution < 1.29 is 0 Å². The zero-order valence-electron chi connectivity index (χ0n) is 8.90.